The highest BCUT2D eigenvalue weighted by Gasteiger charge is 2.19. The molecule has 2 N–H and O–H groups in total. The summed E-state index contributed by atoms with van der Waals surface area (Å²) in [6.45, 7) is 1.30. The van der Waals surface area contributed by atoms with Crippen LogP contribution < -0.4 is 10.1 Å². The average molecular weight is 358 g/mol. The van der Waals surface area contributed by atoms with E-state index in [2.05, 4.69) is 15.3 Å². The van der Waals surface area contributed by atoms with E-state index < -0.39 is 0 Å². The van der Waals surface area contributed by atoms with Crippen molar-refractivity contribution in [2.75, 3.05) is 18.5 Å². The van der Waals surface area contributed by atoms with E-state index in [1.54, 1.807) is 12.1 Å². The summed E-state index contributed by atoms with van der Waals surface area (Å²) in [5.74, 6) is 1.35. The van der Waals surface area contributed by atoms with Gasteiger partial charge in [0.15, 0.2) is 0 Å². The van der Waals surface area contributed by atoms with Crippen LogP contribution in [0.3, 0.4) is 0 Å². The summed E-state index contributed by atoms with van der Waals surface area (Å²) in [5, 5.41) is 13.8. The fourth-order valence-electron chi connectivity index (χ4n) is 2.78. The van der Waals surface area contributed by atoms with E-state index in [1.165, 1.54) is 12.4 Å². The second kappa shape index (κ2) is 6.74. The number of phenols is 1. The van der Waals surface area contributed by atoms with E-state index in [9.17, 15) is 5.11 Å². The number of hydrogen-bond donors (Lipinski definition) is 2. The summed E-state index contributed by atoms with van der Waals surface area (Å²) >= 11 is 5.98. The third-order valence-electron chi connectivity index (χ3n) is 4.02. The molecule has 0 spiro atoms. The summed E-state index contributed by atoms with van der Waals surface area (Å²) in [5.41, 5.74) is 1.49. The van der Waals surface area contributed by atoms with Crippen LogP contribution in [0.25, 0.3) is 10.9 Å². The first kappa shape index (κ1) is 15.9. The Morgan fingerprint density at radius 1 is 1.24 bits per heavy atom. The Morgan fingerprint density at radius 3 is 2.96 bits per heavy atom. The summed E-state index contributed by atoms with van der Waals surface area (Å²) in [4.78, 5) is 8.67. The number of anilines is 2. The van der Waals surface area contributed by atoms with Crippen LogP contribution in [0.4, 0.5) is 11.5 Å². The lowest BCUT2D eigenvalue weighted by atomic mass is 10.2. The molecule has 1 aliphatic rings. The van der Waals surface area contributed by atoms with Crippen molar-refractivity contribution in [1.82, 2.24) is 9.97 Å². The Balaban J connectivity index is 1.73. The topological polar surface area (TPSA) is 76.5 Å². The lowest BCUT2D eigenvalue weighted by molar-refractivity contribution is 0.142. The van der Waals surface area contributed by atoms with Gasteiger partial charge in [-0.3, -0.25) is 0 Å². The molecule has 0 aliphatic carbocycles. The molecule has 1 unspecified atom stereocenters. The molecule has 1 aromatic heterocycles. The zero-order chi connectivity index (χ0) is 17.2. The lowest BCUT2D eigenvalue weighted by Gasteiger charge is -2.16. The van der Waals surface area contributed by atoms with E-state index in [4.69, 9.17) is 21.1 Å². The number of fused-ring (bicyclic) bond motifs is 1. The van der Waals surface area contributed by atoms with Gasteiger partial charge in [0.05, 0.1) is 29.1 Å². The molecule has 6 nitrogen and oxygen atoms in total. The molecule has 2 aromatic carbocycles. The zero-order valence-electron chi connectivity index (χ0n) is 13.3. The number of rotatable bonds is 4. The number of ether oxygens (including phenoxy) is 2. The van der Waals surface area contributed by atoms with Crippen molar-refractivity contribution in [3.63, 3.8) is 0 Å². The van der Waals surface area contributed by atoms with Gasteiger partial charge in [-0.05, 0) is 30.3 Å². The van der Waals surface area contributed by atoms with Gasteiger partial charge in [0, 0.05) is 12.1 Å². The number of phenolic OH excluding ortho intramolecular Hbond substituents is 1. The van der Waals surface area contributed by atoms with Crippen LogP contribution in [0, 0.1) is 0 Å². The molecule has 1 saturated heterocycles. The molecule has 0 bridgehead atoms. The first-order valence-corrected chi connectivity index (χ1v) is 8.32. The van der Waals surface area contributed by atoms with Gasteiger partial charge in [0.25, 0.3) is 0 Å². The number of aromatic hydroxyl groups is 1. The number of benzene rings is 2. The average Bonchev–Trinajstić information content (AvgIpc) is 3.12. The molecule has 1 aliphatic heterocycles. The second-order valence-corrected chi connectivity index (χ2v) is 6.17. The molecule has 0 amide bonds. The largest absolute Gasteiger partial charge is 0.506 e. The Bertz CT molecular complexity index is 908. The fraction of sp³-hybridized carbons (Fsp3) is 0.222. The summed E-state index contributed by atoms with van der Waals surface area (Å²) in [6.07, 6.45) is 2.39. The van der Waals surface area contributed by atoms with Gasteiger partial charge >= 0.3 is 0 Å². The van der Waals surface area contributed by atoms with Crippen LogP contribution in [-0.4, -0.2) is 34.4 Å². The van der Waals surface area contributed by atoms with Crippen molar-refractivity contribution in [2.45, 2.75) is 12.5 Å². The number of aromatic nitrogens is 2. The maximum Gasteiger partial charge on any atom is 0.145 e. The molecule has 1 fully saturated rings. The van der Waals surface area contributed by atoms with E-state index in [0.717, 1.165) is 17.3 Å². The number of hydrogen-bond acceptors (Lipinski definition) is 6. The Morgan fingerprint density at radius 2 is 2.16 bits per heavy atom. The second-order valence-electron chi connectivity index (χ2n) is 5.77. The normalized spacial score (nSPS) is 16.9. The van der Waals surface area contributed by atoms with Gasteiger partial charge in [-0.25, -0.2) is 9.97 Å². The van der Waals surface area contributed by atoms with Crippen molar-refractivity contribution in [2.24, 2.45) is 0 Å². The van der Waals surface area contributed by atoms with Gasteiger partial charge in [-0.1, -0.05) is 17.7 Å². The Labute approximate surface area is 149 Å². The molecule has 25 heavy (non-hydrogen) atoms. The predicted molar refractivity (Wildman–Crippen MR) is 95.8 cm³/mol. The first-order chi connectivity index (χ1) is 12.2. The highest BCUT2D eigenvalue weighted by atomic mass is 35.5. The van der Waals surface area contributed by atoms with Gasteiger partial charge < -0.3 is 19.9 Å². The monoisotopic (exact) mass is 357 g/mol. The van der Waals surface area contributed by atoms with Crippen molar-refractivity contribution in [3.05, 3.63) is 47.7 Å². The molecule has 0 radical (unpaired) electrons. The zero-order valence-corrected chi connectivity index (χ0v) is 14.0. The number of halogens is 1. The van der Waals surface area contributed by atoms with E-state index in [0.29, 0.717) is 30.5 Å². The minimum absolute atomic E-state index is 0.0294. The van der Waals surface area contributed by atoms with E-state index in [1.807, 2.05) is 18.2 Å². The maximum absolute atomic E-state index is 9.57. The molecule has 3 aromatic rings. The Kier molecular flexibility index (Phi) is 4.29. The van der Waals surface area contributed by atoms with Crippen LogP contribution in [0.2, 0.25) is 5.02 Å². The number of nitrogens with zero attached hydrogens (tertiary/aromatic N) is 2. The van der Waals surface area contributed by atoms with Gasteiger partial charge in [-0.15, -0.1) is 0 Å². The van der Waals surface area contributed by atoms with Crippen LogP contribution in [0.1, 0.15) is 6.42 Å². The van der Waals surface area contributed by atoms with Crippen molar-refractivity contribution in [3.8, 4) is 11.5 Å². The van der Waals surface area contributed by atoms with E-state index >= 15 is 0 Å². The highest BCUT2D eigenvalue weighted by molar-refractivity contribution is 6.32. The highest BCUT2D eigenvalue weighted by Crippen LogP contribution is 2.34. The number of nitrogens with one attached hydrogen (secondary N) is 1. The van der Waals surface area contributed by atoms with Crippen molar-refractivity contribution >= 4 is 34.0 Å². The smallest absolute Gasteiger partial charge is 0.145 e. The van der Waals surface area contributed by atoms with E-state index in [-0.39, 0.29) is 16.9 Å². The molecule has 4 rings (SSSR count). The Hall–Kier alpha value is -2.57. The first-order valence-electron chi connectivity index (χ1n) is 7.94. The SMILES string of the molecule is Oc1ccc(Nc2ncnc3cccc(OC4CCOC4)c23)cc1Cl. The molecule has 7 heteroatoms. The molecule has 0 saturated carbocycles. The van der Waals surface area contributed by atoms with Crippen LogP contribution in [-0.2, 0) is 4.74 Å². The molecule has 128 valence electrons. The summed E-state index contributed by atoms with van der Waals surface area (Å²) < 4.78 is 11.5. The molecule has 1 atom stereocenters. The molecular weight excluding hydrogens is 342 g/mol. The quantitative estimate of drug-likeness (QED) is 0.690. The van der Waals surface area contributed by atoms with Crippen molar-refractivity contribution < 1.29 is 14.6 Å². The van der Waals surface area contributed by atoms with Crippen LogP contribution >= 0.6 is 11.6 Å². The maximum atomic E-state index is 9.57. The summed E-state index contributed by atoms with van der Waals surface area (Å²) in [6, 6.07) is 10.6. The minimum Gasteiger partial charge on any atom is -0.506 e. The van der Waals surface area contributed by atoms with Gasteiger partial charge in [-0.2, -0.15) is 0 Å². The standard InChI is InChI=1S/C18H16ClN3O3/c19-13-8-11(4-5-15(13)23)22-18-17-14(20-10-21-18)2-1-3-16(17)25-12-6-7-24-9-12/h1-5,8,10,12,23H,6-7,9H2,(H,20,21,22). The third-order valence-corrected chi connectivity index (χ3v) is 4.32. The van der Waals surface area contributed by atoms with Gasteiger partial charge in [0.1, 0.15) is 29.7 Å². The van der Waals surface area contributed by atoms with Crippen molar-refractivity contribution in [1.29, 1.82) is 0 Å². The lowest BCUT2D eigenvalue weighted by Crippen LogP contribution is -2.16. The third kappa shape index (κ3) is 3.31. The predicted octanol–water partition coefficient (Wildman–Crippen LogP) is 3.90. The fourth-order valence-corrected chi connectivity index (χ4v) is 2.96. The summed E-state index contributed by atoms with van der Waals surface area (Å²) in [7, 11) is 0. The minimum atomic E-state index is 0.0294. The molecular formula is C18H16ClN3O3. The molecule has 2 heterocycles. The van der Waals surface area contributed by atoms with Gasteiger partial charge in [0.2, 0.25) is 0 Å². The van der Waals surface area contributed by atoms with Crippen LogP contribution in [0.15, 0.2) is 42.7 Å². The van der Waals surface area contributed by atoms with Crippen LogP contribution in [0.5, 0.6) is 11.5 Å².